The van der Waals surface area contributed by atoms with E-state index in [4.69, 9.17) is 9.72 Å². The van der Waals surface area contributed by atoms with Crippen molar-refractivity contribution in [1.82, 2.24) is 19.3 Å². The van der Waals surface area contributed by atoms with E-state index in [1.54, 1.807) is 17.3 Å². The number of anilines is 1. The molecule has 34 heavy (non-hydrogen) atoms. The van der Waals surface area contributed by atoms with E-state index in [1.807, 2.05) is 38.1 Å². The molecular formula is C24H27N5O4S. The molecule has 1 aliphatic rings. The maximum absolute atomic E-state index is 13.5. The van der Waals surface area contributed by atoms with Crippen LogP contribution < -0.4 is 9.64 Å². The summed E-state index contributed by atoms with van der Waals surface area (Å²) in [5.41, 5.74) is 2.24. The van der Waals surface area contributed by atoms with Crippen LogP contribution in [0, 0.1) is 11.8 Å². The zero-order valence-corrected chi connectivity index (χ0v) is 20.2. The summed E-state index contributed by atoms with van der Waals surface area (Å²) >= 11 is 1.15. The third-order valence-electron chi connectivity index (χ3n) is 5.58. The van der Waals surface area contributed by atoms with Crippen LogP contribution in [0.15, 0.2) is 36.7 Å². The number of benzene rings is 1. The van der Waals surface area contributed by atoms with Gasteiger partial charge in [-0.1, -0.05) is 38.1 Å². The van der Waals surface area contributed by atoms with Crippen LogP contribution in [0.1, 0.15) is 39.5 Å². The quantitative estimate of drug-likeness (QED) is 0.455. The molecule has 2 heterocycles. The van der Waals surface area contributed by atoms with E-state index in [0.29, 0.717) is 29.0 Å². The second-order valence-electron chi connectivity index (χ2n) is 8.75. The molecule has 1 saturated carbocycles. The number of ether oxygens (including phenoxy) is 1. The molecule has 4 rings (SSSR count). The molecule has 0 spiro atoms. The minimum Gasteiger partial charge on any atom is -0.481 e. The molecule has 1 atom stereocenters. The number of hydrogen-bond acceptors (Lipinski definition) is 8. The van der Waals surface area contributed by atoms with Gasteiger partial charge in [0, 0.05) is 34.6 Å². The highest BCUT2D eigenvalue weighted by Gasteiger charge is 2.39. The van der Waals surface area contributed by atoms with Crippen molar-refractivity contribution in [2.45, 2.75) is 45.6 Å². The minimum atomic E-state index is -0.970. The Hall–Kier alpha value is -3.40. The predicted molar refractivity (Wildman–Crippen MR) is 129 cm³/mol. The number of aromatic nitrogens is 4. The Morgan fingerprint density at radius 3 is 2.50 bits per heavy atom. The van der Waals surface area contributed by atoms with Crippen molar-refractivity contribution >= 4 is 28.5 Å². The molecule has 10 heteroatoms. The molecular weight excluding hydrogens is 454 g/mol. The zero-order valence-electron chi connectivity index (χ0n) is 19.3. The third kappa shape index (κ3) is 5.39. The summed E-state index contributed by atoms with van der Waals surface area (Å²) in [5, 5.41) is 9.86. The van der Waals surface area contributed by atoms with Gasteiger partial charge in [-0.2, -0.15) is 9.36 Å². The third-order valence-corrected chi connectivity index (χ3v) is 6.29. The van der Waals surface area contributed by atoms with Crippen molar-refractivity contribution in [1.29, 1.82) is 0 Å². The molecule has 1 aromatic carbocycles. The van der Waals surface area contributed by atoms with E-state index in [9.17, 15) is 14.7 Å². The van der Waals surface area contributed by atoms with E-state index in [0.717, 1.165) is 35.5 Å². The number of carboxylic acid groups (broad SMARTS) is 1. The molecule has 0 saturated heterocycles. The second-order valence-corrected chi connectivity index (χ2v) is 9.48. The van der Waals surface area contributed by atoms with Gasteiger partial charge in [0.2, 0.25) is 16.9 Å². The lowest BCUT2D eigenvalue weighted by atomic mass is 9.93. The van der Waals surface area contributed by atoms with Gasteiger partial charge in [0.1, 0.15) is 0 Å². The SMILES string of the molecule is COc1cnc(-c2ccccc2-c2nsc(N(C(=O)[C@@H](CC(=O)O)CC(C)C)C3CC3)n2)cn1. The van der Waals surface area contributed by atoms with Crippen molar-refractivity contribution in [3.8, 4) is 28.5 Å². The van der Waals surface area contributed by atoms with Crippen LogP contribution in [0.2, 0.25) is 0 Å². The van der Waals surface area contributed by atoms with Crippen molar-refractivity contribution < 1.29 is 19.4 Å². The van der Waals surface area contributed by atoms with Crippen molar-refractivity contribution in [2.75, 3.05) is 12.0 Å². The number of aliphatic carboxylic acids is 1. The topological polar surface area (TPSA) is 118 Å². The highest BCUT2D eigenvalue weighted by Crippen LogP contribution is 2.38. The first-order chi connectivity index (χ1) is 16.4. The number of nitrogens with zero attached hydrogens (tertiary/aromatic N) is 5. The van der Waals surface area contributed by atoms with Crippen LogP contribution in [0.3, 0.4) is 0 Å². The van der Waals surface area contributed by atoms with Crippen LogP contribution in [0.5, 0.6) is 5.88 Å². The first kappa shape index (κ1) is 23.7. The Labute approximate surface area is 202 Å². The van der Waals surface area contributed by atoms with E-state index in [1.165, 1.54) is 7.11 Å². The van der Waals surface area contributed by atoms with Gasteiger partial charge in [-0.25, -0.2) is 9.97 Å². The van der Waals surface area contributed by atoms with E-state index in [2.05, 4.69) is 14.3 Å². The maximum Gasteiger partial charge on any atom is 0.304 e. The summed E-state index contributed by atoms with van der Waals surface area (Å²) in [6.45, 7) is 3.98. The van der Waals surface area contributed by atoms with E-state index >= 15 is 0 Å². The van der Waals surface area contributed by atoms with Gasteiger partial charge >= 0.3 is 5.97 Å². The maximum atomic E-state index is 13.5. The molecule has 0 radical (unpaired) electrons. The first-order valence-corrected chi connectivity index (χ1v) is 12.0. The Morgan fingerprint density at radius 2 is 1.91 bits per heavy atom. The van der Waals surface area contributed by atoms with Crippen molar-refractivity contribution in [3.63, 3.8) is 0 Å². The van der Waals surface area contributed by atoms with Crippen molar-refractivity contribution in [2.24, 2.45) is 11.8 Å². The lowest BCUT2D eigenvalue weighted by Gasteiger charge is -2.25. The fourth-order valence-electron chi connectivity index (χ4n) is 3.90. The molecule has 0 unspecified atom stereocenters. The average Bonchev–Trinajstić information content (AvgIpc) is 3.54. The summed E-state index contributed by atoms with van der Waals surface area (Å²) in [5.74, 6) is -0.626. The fourth-order valence-corrected chi connectivity index (χ4v) is 4.66. The smallest absolute Gasteiger partial charge is 0.304 e. The van der Waals surface area contributed by atoms with E-state index < -0.39 is 11.9 Å². The van der Waals surface area contributed by atoms with Crippen LogP contribution in [0.4, 0.5) is 5.13 Å². The van der Waals surface area contributed by atoms with E-state index in [-0.39, 0.29) is 24.3 Å². The number of carbonyl (C=O) groups excluding carboxylic acids is 1. The number of amides is 1. The number of rotatable bonds is 10. The second kappa shape index (κ2) is 10.3. The molecule has 9 nitrogen and oxygen atoms in total. The molecule has 1 N–H and O–H groups in total. The van der Waals surface area contributed by atoms with Gasteiger partial charge in [-0.05, 0) is 25.2 Å². The highest BCUT2D eigenvalue weighted by molar-refractivity contribution is 7.10. The van der Waals surface area contributed by atoms with Gasteiger partial charge < -0.3 is 9.84 Å². The predicted octanol–water partition coefficient (Wildman–Crippen LogP) is 4.30. The molecule has 0 bridgehead atoms. The fraction of sp³-hybridized carbons (Fsp3) is 0.417. The van der Waals surface area contributed by atoms with Crippen LogP contribution in [-0.2, 0) is 9.59 Å². The van der Waals surface area contributed by atoms with Gasteiger partial charge in [0.05, 0.1) is 31.6 Å². The molecule has 1 aliphatic carbocycles. The lowest BCUT2D eigenvalue weighted by Crippen LogP contribution is -2.39. The summed E-state index contributed by atoms with van der Waals surface area (Å²) in [7, 11) is 1.54. The van der Waals surface area contributed by atoms with Crippen molar-refractivity contribution in [3.05, 3.63) is 36.7 Å². The number of carbonyl (C=O) groups is 2. The molecule has 1 fully saturated rings. The number of methoxy groups -OCH3 is 1. The standard InChI is InChI=1S/C24H27N5O4S/c1-14(2)10-15(11-21(30)31)23(32)29(16-8-9-16)24-27-22(28-34-24)18-7-5-4-6-17(18)19-12-26-20(33-3)13-25-19/h4-7,12-16H,8-11H2,1-3H3,(H,30,31)/t15-/m1/s1. The van der Waals surface area contributed by atoms with Gasteiger partial charge in [-0.3, -0.25) is 14.5 Å². The molecule has 2 aromatic heterocycles. The average molecular weight is 482 g/mol. The van der Waals surface area contributed by atoms with Gasteiger partial charge in [0.15, 0.2) is 5.82 Å². The summed E-state index contributed by atoms with van der Waals surface area (Å²) in [6, 6.07) is 7.66. The minimum absolute atomic E-state index is 0.0412. The van der Waals surface area contributed by atoms with Crippen LogP contribution in [0.25, 0.3) is 22.6 Å². The van der Waals surface area contributed by atoms with Crippen LogP contribution in [-0.4, -0.2) is 49.5 Å². The highest BCUT2D eigenvalue weighted by atomic mass is 32.1. The van der Waals surface area contributed by atoms with Gasteiger partial charge in [0.25, 0.3) is 0 Å². The Morgan fingerprint density at radius 1 is 1.18 bits per heavy atom. The Kier molecular flexibility index (Phi) is 7.16. The van der Waals surface area contributed by atoms with Gasteiger partial charge in [-0.15, -0.1) is 0 Å². The number of hydrogen-bond donors (Lipinski definition) is 1. The van der Waals surface area contributed by atoms with Crippen LogP contribution >= 0.6 is 11.5 Å². The zero-order chi connectivity index (χ0) is 24.2. The summed E-state index contributed by atoms with van der Waals surface area (Å²) in [4.78, 5) is 40.0. The Bertz CT molecular complexity index is 1160. The Balaban J connectivity index is 1.65. The molecule has 0 aliphatic heterocycles. The molecule has 178 valence electrons. The summed E-state index contributed by atoms with van der Waals surface area (Å²) in [6.07, 6.45) is 5.26. The first-order valence-electron chi connectivity index (χ1n) is 11.2. The lowest BCUT2D eigenvalue weighted by molar-refractivity contribution is -0.140. The monoisotopic (exact) mass is 481 g/mol. The number of carboxylic acids is 1. The summed E-state index contributed by atoms with van der Waals surface area (Å²) < 4.78 is 9.65. The molecule has 3 aromatic rings. The normalized spacial score (nSPS) is 14.1. The molecule has 1 amide bonds. The largest absolute Gasteiger partial charge is 0.481 e.